The quantitative estimate of drug-likeness (QED) is 0.0995. The Kier molecular flexibility index (Phi) is 12.0. The highest BCUT2D eigenvalue weighted by atomic mass is 16.8. The number of aliphatic hydroxyl groups excluding tert-OH is 10. The first-order valence-corrected chi connectivity index (χ1v) is 20.3. The summed E-state index contributed by atoms with van der Waals surface area (Å²) < 4.78 is 35.5. The Morgan fingerprint density at radius 1 is 0.649 bits per heavy atom. The van der Waals surface area contributed by atoms with Crippen molar-refractivity contribution in [2.75, 3.05) is 19.8 Å². The molecule has 0 amide bonds. The lowest BCUT2D eigenvalue weighted by atomic mass is 9.41. The highest BCUT2D eigenvalue weighted by molar-refractivity contribution is 5.77. The van der Waals surface area contributed by atoms with E-state index in [0.29, 0.717) is 44.9 Å². The molecule has 19 nitrogen and oxygen atoms in total. The zero-order chi connectivity index (χ0) is 41.6. The molecule has 0 aromatic rings. The minimum Gasteiger partial charge on any atom is -0.432 e. The van der Waals surface area contributed by atoms with Crippen LogP contribution in [0.1, 0.15) is 78.6 Å². The van der Waals surface area contributed by atoms with Crippen molar-refractivity contribution >= 4 is 5.97 Å². The van der Waals surface area contributed by atoms with Gasteiger partial charge >= 0.3 is 5.97 Å². The standard InChI is InChI=1S/C38H62O19/c1-16-21(42)24(45)26(47)30(52-16)56-29-28(55-31-27(48)25(46)22(43)17(11-39)53-31)23(44)18(12-40)54-32(29)57-33(49)35(3)8-4-7-34(2)19(35)5-9-36-13-37(50,10-6-20(34)36)38(51,14-36)15-41/h16-32,39-48,50-51H,4-15H2,1-3H3/t16?,17?,18?,19-,20-,21?,22?,23?,24?,25?,26?,27?,28?,29?,30?,31?,32?,34+,35+,36-,37?,38?/m0/s1. The summed E-state index contributed by atoms with van der Waals surface area (Å²) in [7, 11) is 0. The van der Waals surface area contributed by atoms with Crippen LogP contribution in [-0.4, -0.2) is 190 Å². The fourth-order valence-electron chi connectivity index (χ4n) is 12.3. The maximum Gasteiger partial charge on any atom is 0.314 e. The number of aliphatic hydroxyl groups is 12. The van der Waals surface area contributed by atoms with Crippen LogP contribution in [0.15, 0.2) is 0 Å². The fraction of sp³-hybridized carbons (Fsp3) is 0.974. The van der Waals surface area contributed by atoms with Crippen molar-refractivity contribution in [2.45, 2.75) is 182 Å². The third-order valence-electron chi connectivity index (χ3n) is 15.4. The molecule has 1 spiro atoms. The molecule has 7 rings (SSSR count). The molecule has 7 fully saturated rings. The molecule has 3 saturated heterocycles. The van der Waals surface area contributed by atoms with E-state index < -0.39 is 145 Å². The van der Waals surface area contributed by atoms with Gasteiger partial charge in [0, 0.05) is 0 Å². The molecule has 17 unspecified atom stereocenters. The lowest BCUT2D eigenvalue weighted by Gasteiger charge is -2.64. The molecule has 3 heterocycles. The van der Waals surface area contributed by atoms with Gasteiger partial charge in [-0.25, -0.2) is 0 Å². The summed E-state index contributed by atoms with van der Waals surface area (Å²) in [4.78, 5) is 14.8. The Hall–Kier alpha value is -1.21. The zero-order valence-electron chi connectivity index (χ0n) is 32.5. The first kappa shape index (κ1) is 43.9. The summed E-state index contributed by atoms with van der Waals surface area (Å²) >= 11 is 0. The van der Waals surface area contributed by atoms with Crippen LogP contribution in [0.3, 0.4) is 0 Å². The van der Waals surface area contributed by atoms with Crippen LogP contribution in [0.4, 0.5) is 0 Å². The summed E-state index contributed by atoms with van der Waals surface area (Å²) in [5.41, 5.74) is -5.06. The van der Waals surface area contributed by atoms with Crippen LogP contribution >= 0.6 is 0 Å². The van der Waals surface area contributed by atoms with Crippen LogP contribution in [-0.2, 0) is 33.2 Å². The van der Waals surface area contributed by atoms with Crippen LogP contribution < -0.4 is 0 Å². The molecule has 57 heavy (non-hydrogen) atoms. The number of rotatable bonds is 9. The maximum atomic E-state index is 14.8. The van der Waals surface area contributed by atoms with E-state index in [-0.39, 0.29) is 18.3 Å². The van der Waals surface area contributed by atoms with Crippen molar-refractivity contribution in [1.82, 2.24) is 0 Å². The SMILES string of the molecule is CC1OC(OC2C(OC(=O)[C@]3(C)CCC[C@@]4(C)[C@@H]5CCC6(O)C[C@@]5(CC[C@@H]43)CC6(O)CO)OC(CO)C(O)C2OC2OC(CO)C(O)C(O)C2O)C(O)C(O)C1O. The minimum absolute atomic E-state index is 0.0120. The molecule has 12 N–H and O–H groups in total. The molecule has 22 atom stereocenters. The van der Waals surface area contributed by atoms with Gasteiger partial charge < -0.3 is 89.7 Å². The topological polar surface area (TPSA) is 315 Å². The summed E-state index contributed by atoms with van der Waals surface area (Å²) in [6.07, 6.45) is -21.1. The second-order valence-corrected chi connectivity index (χ2v) is 18.6. The van der Waals surface area contributed by atoms with Crippen molar-refractivity contribution < 1.29 is 94.5 Å². The molecule has 19 heteroatoms. The normalized spacial score (nSPS) is 56.4. The molecule has 2 bridgehead atoms. The second-order valence-electron chi connectivity index (χ2n) is 18.6. The lowest BCUT2D eigenvalue weighted by Crippen LogP contribution is -2.67. The predicted molar refractivity (Wildman–Crippen MR) is 188 cm³/mol. The first-order valence-electron chi connectivity index (χ1n) is 20.3. The van der Waals surface area contributed by atoms with Gasteiger partial charge in [-0.05, 0) is 87.9 Å². The summed E-state index contributed by atoms with van der Waals surface area (Å²) in [5, 5.41) is 128. The Balaban J connectivity index is 1.19. The fourth-order valence-corrected chi connectivity index (χ4v) is 12.3. The van der Waals surface area contributed by atoms with Crippen molar-refractivity contribution in [3.8, 4) is 0 Å². The van der Waals surface area contributed by atoms with Crippen molar-refractivity contribution in [2.24, 2.45) is 28.1 Å². The van der Waals surface area contributed by atoms with Gasteiger partial charge in [-0.15, -0.1) is 0 Å². The molecular formula is C38H62O19. The highest BCUT2D eigenvalue weighted by Gasteiger charge is 2.73. The first-order chi connectivity index (χ1) is 26.7. The summed E-state index contributed by atoms with van der Waals surface area (Å²) in [6.45, 7) is 3.16. The molecule has 4 saturated carbocycles. The zero-order valence-corrected chi connectivity index (χ0v) is 32.5. The lowest BCUT2D eigenvalue weighted by molar-refractivity contribution is -0.387. The number of fused-ring (bicyclic) bond motifs is 3. The van der Waals surface area contributed by atoms with Crippen molar-refractivity contribution in [3.05, 3.63) is 0 Å². The molecule has 7 aliphatic rings. The van der Waals surface area contributed by atoms with E-state index in [1.54, 1.807) is 6.92 Å². The average Bonchev–Trinajstić information content (AvgIpc) is 3.34. The number of hydrogen-bond acceptors (Lipinski definition) is 19. The highest BCUT2D eigenvalue weighted by Crippen LogP contribution is 2.73. The van der Waals surface area contributed by atoms with E-state index in [1.165, 1.54) is 6.92 Å². The Labute approximate surface area is 330 Å². The van der Waals surface area contributed by atoms with Gasteiger partial charge in [0.2, 0.25) is 6.29 Å². The number of hydrogen-bond donors (Lipinski definition) is 12. The smallest absolute Gasteiger partial charge is 0.314 e. The van der Waals surface area contributed by atoms with Gasteiger partial charge in [-0.1, -0.05) is 13.3 Å². The van der Waals surface area contributed by atoms with Crippen LogP contribution in [0, 0.1) is 28.1 Å². The van der Waals surface area contributed by atoms with E-state index in [4.69, 9.17) is 28.4 Å². The Bertz CT molecular complexity index is 1450. The third-order valence-corrected chi connectivity index (χ3v) is 15.4. The number of carbonyl (C=O) groups excluding carboxylic acids is 1. The van der Waals surface area contributed by atoms with Gasteiger partial charge in [0.1, 0.15) is 66.6 Å². The molecule has 4 aliphatic carbocycles. The Morgan fingerprint density at radius 3 is 1.88 bits per heavy atom. The maximum absolute atomic E-state index is 14.8. The number of ether oxygens (including phenoxy) is 6. The molecular weight excluding hydrogens is 760 g/mol. The number of carbonyl (C=O) groups is 1. The monoisotopic (exact) mass is 822 g/mol. The molecule has 0 aromatic carbocycles. The third kappa shape index (κ3) is 6.90. The van der Waals surface area contributed by atoms with E-state index in [2.05, 4.69) is 6.92 Å². The van der Waals surface area contributed by atoms with E-state index >= 15 is 0 Å². The van der Waals surface area contributed by atoms with E-state index in [9.17, 15) is 66.1 Å². The van der Waals surface area contributed by atoms with Crippen molar-refractivity contribution in [1.29, 1.82) is 0 Å². The van der Waals surface area contributed by atoms with Crippen LogP contribution in [0.2, 0.25) is 0 Å². The van der Waals surface area contributed by atoms with E-state index in [0.717, 1.165) is 6.42 Å². The number of esters is 1. The van der Waals surface area contributed by atoms with Gasteiger partial charge in [-0.2, -0.15) is 0 Å². The average molecular weight is 823 g/mol. The minimum atomic E-state index is -1.95. The molecule has 0 aromatic heterocycles. The molecule has 328 valence electrons. The van der Waals surface area contributed by atoms with Crippen LogP contribution in [0.5, 0.6) is 0 Å². The second kappa shape index (κ2) is 15.6. The summed E-state index contributed by atoms with van der Waals surface area (Å²) in [6, 6.07) is 0. The van der Waals surface area contributed by atoms with Crippen LogP contribution in [0.25, 0.3) is 0 Å². The van der Waals surface area contributed by atoms with Gasteiger partial charge in [0.15, 0.2) is 18.7 Å². The van der Waals surface area contributed by atoms with E-state index in [1.807, 2.05) is 0 Å². The van der Waals surface area contributed by atoms with Crippen molar-refractivity contribution in [3.63, 3.8) is 0 Å². The largest absolute Gasteiger partial charge is 0.432 e. The summed E-state index contributed by atoms with van der Waals surface area (Å²) in [5.74, 6) is -0.953. The van der Waals surface area contributed by atoms with Gasteiger partial charge in [0.25, 0.3) is 0 Å². The van der Waals surface area contributed by atoms with Gasteiger partial charge in [0.05, 0.1) is 36.9 Å². The molecule has 0 radical (unpaired) electrons. The Morgan fingerprint density at radius 2 is 1.23 bits per heavy atom. The molecule has 3 aliphatic heterocycles. The van der Waals surface area contributed by atoms with Gasteiger partial charge in [-0.3, -0.25) is 4.79 Å². The predicted octanol–water partition coefficient (Wildman–Crippen LogP) is -3.74.